The molecule has 3 atom stereocenters. The molecule has 0 saturated heterocycles. The van der Waals surface area contributed by atoms with Crippen molar-refractivity contribution in [1.29, 1.82) is 0 Å². The number of aliphatic hydroxyl groups is 2. The first-order valence-electron chi connectivity index (χ1n) is 6.25. The Kier molecular flexibility index (Phi) is 8.67. The Labute approximate surface area is 125 Å². The summed E-state index contributed by atoms with van der Waals surface area (Å²) in [5.74, 6) is -4.53. The average molecular weight is 321 g/mol. The van der Waals surface area contributed by atoms with Gasteiger partial charge < -0.3 is 36.8 Å². The quantitative estimate of drug-likeness (QED) is 0.211. The van der Waals surface area contributed by atoms with E-state index >= 15 is 0 Å². The molecule has 0 aromatic rings. The van der Waals surface area contributed by atoms with Crippen LogP contribution in [0.15, 0.2) is 0 Å². The number of carboxylic acids is 2. The van der Waals surface area contributed by atoms with E-state index in [0.29, 0.717) is 0 Å². The summed E-state index contributed by atoms with van der Waals surface area (Å²) in [5, 5.41) is 38.9. The van der Waals surface area contributed by atoms with Crippen LogP contribution in [0.1, 0.15) is 12.8 Å². The van der Waals surface area contributed by atoms with E-state index in [9.17, 15) is 19.2 Å². The van der Waals surface area contributed by atoms with E-state index < -0.39 is 55.1 Å². The molecule has 3 unspecified atom stereocenters. The predicted octanol–water partition coefficient (Wildman–Crippen LogP) is -3.78. The number of hydrogen-bond acceptors (Lipinski definition) is 7. The Hall–Kier alpha value is -2.24. The van der Waals surface area contributed by atoms with E-state index in [1.54, 1.807) is 0 Å². The Bertz CT molecular complexity index is 428. The molecular formula is C11H19N3O8. The van der Waals surface area contributed by atoms with E-state index in [1.807, 2.05) is 5.32 Å². The second-order valence-corrected chi connectivity index (χ2v) is 4.36. The summed E-state index contributed by atoms with van der Waals surface area (Å²) < 4.78 is 0. The van der Waals surface area contributed by atoms with Crippen molar-refractivity contribution in [2.45, 2.75) is 31.0 Å². The molecule has 0 aromatic heterocycles. The molecule has 0 aliphatic rings. The third kappa shape index (κ3) is 6.97. The fourth-order valence-corrected chi connectivity index (χ4v) is 1.34. The lowest BCUT2D eigenvalue weighted by Gasteiger charge is -2.20. The van der Waals surface area contributed by atoms with Gasteiger partial charge in [0.15, 0.2) is 0 Å². The van der Waals surface area contributed by atoms with Gasteiger partial charge in [-0.05, 0) is 6.42 Å². The number of nitrogens with one attached hydrogen (secondary N) is 2. The highest BCUT2D eigenvalue weighted by molar-refractivity contribution is 5.92. The van der Waals surface area contributed by atoms with Gasteiger partial charge in [0.25, 0.3) is 0 Å². The summed E-state index contributed by atoms with van der Waals surface area (Å²) in [6.07, 6.45) is -0.522. The normalized spacial score (nSPS) is 14.5. The summed E-state index contributed by atoms with van der Waals surface area (Å²) >= 11 is 0. The molecule has 0 saturated carbocycles. The lowest BCUT2D eigenvalue weighted by atomic mass is 10.1. The van der Waals surface area contributed by atoms with Crippen LogP contribution in [0.2, 0.25) is 0 Å². The van der Waals surface area contributed by atoms with Gasteiger partial charge in [-0.3, -0.25) is 14.4 Å². The van der Waals surface area contributed by atoms with Crippen LogP contribution in [0.3, 0.4) is 0 Å². The zero-order chi connectivity index (χ0) is 17.3. The van der Waals surface area contributed by atoms with E-state index in [-0.39, 0.29) is 12.8 Å². The number of hydrogen-bond donors (Lipinski definition) is 7. The van der Waals surface area contributed by atoms with E-state index in [1.165, 1.54) is 0 Å². The highest BCUT2D eigenvalue weighted by Crippen LogP contribution is 1.96. The Morgan fingerprint density at radius 3 is 1.82 bits per heavy atom. The molecule has 0 bridgehead atoms. The first kappa shape index (κ1) is 19.8. The Morgan fingerprint density at radius 1 is 0.909 bits per heavy atom. The van der Waals surface area contributed by atoms with Crippen LogP contribution in [0, 0.1) is 0 Å². The lowest BCUT2D eigenvalue weighted by Crippen LogP contribution is -2.56. The fraction of sp³-hybridized carbons (Fsp3) is 0.636. The molecular weight excluding hydrogens is 302 g/mol. The predicted molar refractivity (Wildman–Crippen MR) is 70.5 cm³/mol. The SMILES string of the molecule is NC(CCC(=O)O)C(=O)NC(CO)C(=O)NC(CO)C(=O)O. The highest BCUT2D eigenvalue weighted by atomic mass is 16.4. The van der Waals surface area contributed by atoms with Crippen molar-refractivity contribution in [3.8, 4) is 0 Å². The number of aliphatic carboxylic acids is 2. The van der Waals surface area contributed by atoms with Gasteiger partial charge >= 0.3 is 11.9 Å². The Balaban J connectivity index is 4.57. The number of aliphatic hydroxyl groups excluding tert-OH is 2. The van der Waals surface area contributed by atoms with Gasteiger partial charge in [-0.25, -0.2) is 4.79 Å². The van der Waals surface area contributed by atoms with Gasteiger partial charge in [0, 0.05) is 6.42 Å². The van der Waals surface area contributed by atoms with Crippen LogP contribution >= 0.6 is 0 Å². The smallest absolute Gasteiger partial charge is 0.328 e. The minimum absolute atomic E-state index is 0.171. The van der Waals surface area contributed by atoms with Crippen molar-refractivity contribution in [3.63, 3.8) is 0 Å². The minimum Gasteiger partial charge on any atom is -0.481 e. The van der Waals surface area contributed by atoms with Crippen molar-refractivity contribution < 1.29 is 39.6 Å². The van der Waals surface area contributed by atoms with Crippen molar-refractivity contribution in [2.24, 2.45) is 5.73 Å². The molecule has 126 valence electrons. The maximum Gasteiger partial charge on any atom is 0.328 e. The van der Waals surface area contributed by atoms with Gasteiger partial charge in [-0.1, -0.05) is 0 Å². The molecule has 11 nitrogen and oxygen atoms in total. The lowest BCUT2D eigenvalue weighted by molar-refractivity contribution is -0.143. The van der Waals surface area contributed by atoms with Crippen LogP contribution in [0.25, 0.3) is 0 Å². The van der Waals surface area contributed by atoms with E-state index in [2.05, 4.69) is 5.32 Å². The first-order valence-corrected chi connectivity index (χ1v) is 6.25. The fourth-order valence-electron chi connectivity index (χ4n) is 1.34. The van der Waals surface area contributed by atoms with Crippen molar-refractivity contribution in [3.05, 3.63) is 0 Å². The van der Waals surface area contributed by atoms with Crippen molar-refractivity contribution >= 4 is 23.8 Å². The minimum atomic E-state index is -1.58. The van der Waals surface area contributed by atoms with Crippen LogP contribution in [0.4, 0.5) is 0 Å². The third-order valence-electron chi connectivity index (χ3n) is 2.62. The summed E-state index contributed by atoms with van der Waals surface area (Å²) in [6, 6.07) is -4.26. The van der Waals surface area contributed by atoms with Crippen LogP contribution in [-0.4, -0.2) is 75.5 Å². The molecule has 0 aliphatic heterocycles. The summed E-state index contributed by atoms with van der Waals surface area (Å²) in [7, 11) is 0. The number of nitrogens with two attached hydrogens (primary N) is 1. The molecule has 22 heavy (non-hydrogen) atoms. The van der Waals surface area contributed by atoms with E-state index in [4.69, 9.17) is 26.2 Å². The molecule has 0 radical (unpaired) electrons. The molecule has 0 fully saturated rings. The Morgan fingerprint density at radius 2 is 1.41 bits per heavy atom. The molecule has 8 N–H and O–H groups in total. The number of rotatable bonds is 10. The average Bonchev–Trinajstić information content (AvgIpc) is 2.46. The zero-order valence-electron chi connectivity index (χ0n) is 11.6. The van der Waals surface area contributed by atoms with Crippen LogP contribution in [-0.2, 0) is 19.2 Å². The first-order chi connectivity index (χ1) is 10.2. The largest absolute Gasteiger partial charge is 0.481 e. The number of amides is 2. The third-order valence-corrected chi connectivity index (χ3v) is 2.62. The second-order valence-electron chi connectivity index (χ2n) is 4.36. The number of carboxylic acid groups (broad SMARTS) is 2. The van der Waals surface area contributed by atoms with Gasteiger partial charge in [0.1, 0.15) is 12.1 Å². The standard InChI is InChI=1S/C11H19N3O8/c12-5(1-2-8(17)18)9(19)13-6(3-15)10(20)14-7(4-16)11(21)22/h5-7,15-16H,1-4,12H2,(H,13,19)(H,14,20)(H,17,18)(H,21,22). The van der Waals surface area contributed by atoms with Gasteiger partial charge in [0.2, 0.25) is 11.8 Å². The van der Waals surface area contributed by atoms with Crippen molar-refractivity contribution in [1.82, 2.24) is 10.6 Å². The zero-order valence-corrected chi connectivity index (χ0v) is 11.6. The van der Waals surface area contributed by atoms with Gasteiger partial charge in [0.05, 0.1) is 19.3 Å². The number of carbonyl (C=O) groups excluding carboxylic acids is 2. The topological polar surface area (TPSA) is 199 Å². The number of carbonyl (C=O) groups is 4. The molecule has 11 heteroatoms. The highest BCUT2D eigenvalue weighted by Gasteiger charge is 2.27. The maximum atomic E-state index is 11.7. The summed E-state index contributed by atoms with van der Waals surface area (Å²) in [5.41, 5.74) is 5.42. The van der Waals surface area contributed by atoms with Crippen LogP contribution in [0.5, 0.6) is 0 Å². The summed E-state index contributed by atoms with van der Waals surface area (Å²) in [6.45, 7) is -1.70. The molecule has 2 amide bonds. The molecule has 0 heterocycles. The van der Waals surface area contributed by atoms with Crippen molar-refractivity contribution in [2.75, 3.05) is 13.2 Å². The molecule has 0 aliphatic carbocycles. The van der Waals surface area contributed by atoms with Gasteiger partial charge in [-0.15, -0.1) is 0 Å². The van der Waals surface area contributed by atoms with Gasteiger partial charge in [-0.2, -0.15) is 0 Å². The molecule has 0 spiro atoms. The second kappa shape index (κ2) is 9.65. The summed E-state index contributed by atoms with van der Waals surface area (Å²) in [4.78, 5) is 44.3. The molecule has 0 aromatic carbocycles. The monoisotopic (exact) mass is 321 g/mol. The van der Waals surface area contributed by atoms with Crippen LogP contribution < -0.4 is 16.4 Å². The maximum absolute atomic E-state index is 11.7. The van der Waals surface area contributed by atoms with E-state index in [0.717, 1.165) is 0 Å². The molecule has 0 rings (SSSR count).